The van der Waals surface area contributed by atoms with Crippen molar-refractivity contribution in [3.8, 4) is 0 Å². The molecule has 0 spiro atoms. The number of alkyl halides is 5. The Balaban J connectivity index is 0.986. The van der Waals surface area contributed by atoms with E-state index in [1.54, 1.807) is 12.1 Å². The Kier molecular flexibility index (Phi) is 17.0. The summed E-state index contributed by atoms with van der Waals surface area (Å²) in [4.78, 5) is 29.8. The number of sulfone groups is 1. The van der Waals surface area contributed by atoms with Crippen molar-refractivity contribution in [1.82, 2.24) is 14.5 Å². The molecule has 2 bridgehead atoms. The fourth-order valence-electron chi connectivity index (χ4n) is 10.8. The zero-order chi connectivity index (χ0) is 51.4. The van der Waals surface area contributed by atoms with Crippen LogP contribution >= 0.6 is 11.8 Å². The lowest BCUT2D eigenvalue weighted by molar-refractivity contribution is -0.250. The highest BCUT2D eigenvalue weighted by molar-refractivity contribution is 7.99. The van der Waals surface area contributed by atoms with E-state index in [1.807, 2.05) is 42.1 Å². The number of hydrogen-bond donors (Lipinski definition) is 3. The van der Waals surface area contributed by atoms with E-state index in [9.17, 15) is 48.4 Å². The molecule has 12 nitrogen and oxygen atoms in total. The van der Waals surface area contributed by atoms with Crippen LogP contribution in [0.5, 0.6) is 0 Å². The molecule has 3 aromatic carbocycles. The Labute approximate surface area is 419 Å². The van der Waals surface area contributed by atoms with Gasteiger partial charge in [0.2, 0.25) is 12.3 Å². The number of benzene rings is 3. The van der Waals surface area contributed by atoms with Gasteiger partial charge in [0, 0.05) is 72.5 Å². The van der Waals surface area contributed by atoms with Crippen molar-refractivity contribution in [1.29, 1.82) is 0 Å². The van der Waals surface area contributed by atoms with E-state index in [0.29, 0.717) is 76.5 Å². The second-order valence-corrected chi connectivity index (χ2v) is 25.6. The Morgan fingerprint density at radius 3 is 2.17 bits per heavy atom. The molecule has 2 amide bonds. The van der Waals surface area contributed by atoms with Gasteiger partial charge < -0.3 is 20.9 Å². The quantitative estimate of drug-likeness (QED) is 0.0339. The van der Waals surface area contributed by atoms with Crippen LogP contribution in [-0.2, 0) is 24.7 Å². The molecule has 390 valence electrons. The molecule has 4 fully saturated rings. The molecule has 0 unspecified atom stereocenters. The van der Waals surface area contributed by atoms with Crippen molar-refractivity contribution < 1.29 is 48.4 Å². The third-order valence-electron chi connectivity index (χ3n) is 14.9. The number of nitrogens with one attached hydrogen (secondary N) is 2. The van der Waals surface area contributed by atoms with E-state index in [4.69, 9.17) is 5.73 Å². The lowest BCUT2D eigenvalue weighted by atomic mass is 9.32. The molecule has 1 aliphatic heterocycles. The topological polar surface area (TPSA) is 162 Å². The van der Waals surface area contributed by atoms with Crippen LogP contribution in [0.3, 0.4) is 0 Å². The van der Waals surface area contributed by atoms with Crippen molar-refractivity contribution in [2.75, 3.05) is 68.8 Å². The second kappa shape index (κ2) is 22.1. The normalized spacial score (nSPS) is 22.0. The Morgan fingerprint density at radius 1 is 0.873 bits per heavy atom. The summed E-state index contributed by atoms with van der Waals surface area (Å²) in [6.07, 6.45) is 6.49. The number of carbonyl (C=O) groups is 2. The number of allylic oxidation sites excluding steroid dienone is 1. The van der Waals surface area contributed by atoms with Crippen LogP contribution in [0.2, 0.25) is 0 Å². The van der Waals surface area contributed by atoms with Crippen molar-refractivity contribution >= 4 is 54.8 Å². The molecule has 0 aromatic heterocycles. The summed E-state index contributed by atoms with van der Waals surface area (Å²) in [6.45, 7) is 9.46. The number of rotatable bonds is 24. The summed E-state index contributed by atoms with van der Waals surface area (Å²) >= 11 is 1.42. The Hall–Kier alpha value is -4.24. The molecule has 20 heteroatoms. The van der Waals surface area contributed by atoms with Crippen LogP contribution in [0, 0.1) is 16.2 Å². The molecule has 5 aliphatic rings. The SMILES string of the molecule is CN(CCCCCCC(N)=O)CC[C@H](CSc1ccccc1)Nc1ccc(S(=O)(=O)NC(=O)c2ccc(N3CCN(CC4=C(C56CC(C(F)F)(C5)C6)CC(C)(C)CC4)CC3)cc2)cc1S(=O)(=O)C(F)(F)F. The van der Waals surface area contributed by atoms with Crippen LogP contribution in [0.4, 0.5) is 33.3 Å². The molecule has 8 rings (SSSR count). The molecular weight excluding hydrogens is 984 g/mol. The summed E-state index contributed by atoms with van der Waals surface area (Å²) in [5, 5.41) is 2.98. The van der Waals surface area contributed by atoms with Gasteiger partial charge in [-0.3, -0.25) is 14.5 Å². The number of thioether (sulfide) groups is 1. The smallest absolute Gasteiger partial charge is 0.380 e. The van der Waals surface area contributed by atoms with Gasteiger partial charge in [-0.15, -0.1) is 11.8 Å². The first-order valence-electron chi connectivity index (χ1n) is 24.4. The Bertz CT molecular complexity index is 2610. The van der Waals surface area contributed by atoms with Crippen LogP contribution in [0.15, 0.2) is 98.6 Å². The zero-order valence-electron chi connectivity index (χ0n) is 40.7. The van der Waals surface area contributed by atoms with E-state index in [1.165, 1.54) is 35.0 Å². The van der Waals surface area contributed by atoms with E-state index < -0.39 is 64.6 Å². The summed E-state index contributed by atoms with van der Waals surface area (Å²) in [7, 11) is -9.09. The molecule has 1 heterocycles. The van der Waals surface area contributed by atoms with E-state index >= 15 is 0 Å². The number of carbonyl (C=O) groups excluding carboxylic acids is 2. The van der Waals surface area contributed by atoms with Crippen molar-refractivity contribution in [2.24, 2.45) is 22.0 Å². The van der Waals surface area contributed by atoms with Crippen LogP contribution in [0.25, 0.3) is 0 Å². The highest BCUT2D eigenvalue weighted by Crippen LogP contribution is 2.79. The minimum Gasteiger partial charge on any atom is -0.380 e. The highest BCUT2D eigenvalue weighted by Gasteiger charge is 2.73. The molecule has 3 aromatic rings. The average Bonchev–Trinajstić information content (AvgIpc) is 3.28. The van der Waals surface area contributed by atoms with Crippen LogP contribution in [0.1, 0.15) is 101 Å². The first-order valence-corrected chi connectivity index (χ1v) is 28.4. The highest BCUT2D eigenvalue weighted by atomic mass is 32.2. The van der Waals surface area contributed by atoms with E-state index in [0.717, 1.165) is 80.9 Å². The fourth-order valence-corrected chi connectivity index (χ4v) is 13.8. The number of primary amides is 1. The molecule has 3 saturated carbocycles. The lowest BCUT2D eigenvalue weighted by Gasteiger charge is -2.72. The summed E-state index contributed by atoms with van der Waals surface area (Å²) < 4.78 is 126. The van der Waals surface area contributed by atoms with Gasteiger partial charge in [0.05, 0.1) is 10.6 Å². The van der Waals surface area contributed by atoms with Gasteiger partial charge in [0.1, 0.15) is 4.90 Å². The maximum Gasteiger partial charge on any atom is 0.501 e. The average molecular weight is 1050 g/mol. The number of piperazine rings is 1. The molecule has 1 atom stereocenters. The van der Waals surface area contributed by atoms with Gasteiger partial charge in [-0.1, -0.05) is 56.0 Å². The first kappa shape index (κ1) is 54.5. The standard InChI is InChI=1S/C51H67F5N6O6S3/c1-48(2)22-20-37(42(30-48)49-33-50(34-49,35-49)47(52)53)31-61-25-27-62(28-26-61)39-16-14-36(15-17-39)46(64)59-71(67,68)41-18-19-43(44(29-41)70(65,66)51(54,55)56)58-38(32-69-40-11-7-6-8-12-40)21-24-60(3)23-10-5-4-9-13-45(57)63/h6-8,11-12,14-19,29,38,47,58H,4-5,9-10,13,20-28,30-35H2,1-3H3,(H2,57,63)(H,59,64)/t38-,49?,50?/m1/s1. The number of anilines is 2. The van der Waals surface area contributed by atoms with Crippen LogP contribution in [-0.4, -0.2) is 115 Å². The molecule has 0 radical (unpaired) electrons. The predicted molar refractivity (Wildman–Crippen MR) is 268 cm³/mol. The Morgan fingerprint density at radius 2 is 1.54 bits per heavy atom. The maximum atomic E-state index is 14.3. The van der Waals surface area contributed by atoms with Crippen molar-refractivity contribution in [3.05, 3.63) is 89.5 Å². The van der Waals surface area contributed by atoms with Crippen LogP contribution < -0.4 is 20.7 Å². The zero-order valence-corrected chi connectivity index (χ0v) is 43.2. The molecule has 71 heavy (non-hydrogen) atoms. The first-order chi connectivity index (χ1) is 33.4. The maximum absolute atomic E-state index is 14.3. The number of sulfonamides is 1. The van der Waals surface area contributed by atoms with Gasteiger partial charge in [0.15, 0.2) is 0 Å². The third kappa shape index (κ3) is 13.1. The second-order valence-electron chi connectivity index (χ2n) is 20.9. The summed E-state index contributed by atoms with van der Waals surface area (Å²) in [6, 6.07) is 17.4. The van der Waals surface area contributed by atoms with Gasteiger partial charge in [-0.25, -0.2) is 30.3 Å². The number of hydrogen-bond acceptors (Lipinski definition) is 11. The summed E-state index contributed by atoms with van der Waals surface area (Å²) in [5.74, 6) is -1.07. The fraction of sp³-hybridized carbons (Fsp3) is 0.569. The molecular formula is C51H67F5N6O6S3. The molecule has 4 N–H and O–H groups in total. The molecule has 1 saturated heterocycles. The van der Waals surface area contributed by atoms with E-state index in [2.05, 4.69) is 33.9 Å². The van der Waals surface area contributed by atoms with Crippen molar-refractivity contribution in [3.63, 3.8) is 0 Å². The number of amides is 2. The van der Waals surface area contributed by atoms with Gasteiger partial charge in [-0.05, 0) is 143 Å². The number of nitrogens with two attached hydrogens (primary N) is 1. The summed E-state index contributed by atoms with van der Waals surface area (Å²) in [5.41, 5.74) is 1.92. The minimum absolute atomic E-state index is 0.0360. The lowest BCUT2D eigenvalue weighted by Crippen LogP contribution is -2.66. The number of unbranched alkanes of at least 4 members (excludes halogenated alkanes) is 3. The van der Waals surface area contributed by atoms with Gasteiger partial charge in [-0.2, -0.15) is 13.2 Å². The predicted octanol–water partition coefficient (Wildman–Crippen LogP) is 9.49. The molecule has 4 aliphatic carbocycles. The van der Waals surface area contributed by atoms with Gasteiger partial charge >= 0.3 is 5.51 Å². The minimum atomic E-state index is -6.10. The largest absolute Gasteiger partial charge is 0.501 e. The number of nitrogens with zero attached hydrogens (tertiary/aromatic N) is 3. The monoisotopic (exact) mass is 1050 g/mol. The van der Waals surface area contributed by atoms with Crippen molar-refractivity contribution in [2.45, 2.75) is 124 Å². The third-order valence-corrected chi connectivity index (χ3v) is 18.9. The van der Waals surface area contributed by atoms with E-state index in [-0.39, 0.29) is 22.3 Å². The number of halogens is 5. The van der Waals surface area contributed by atoms with Gasteiger partial charge in [0.25, 0.3) is 25.8 Å².